The Labute approximate surface area is 124 Å². The second-order valence-corrected chi connectivity index (χ2v) is 6.47. The van der Waals surface area contributed by atoms with Crippen LogP contribution in [0.15, 0.2) is 24.3 Å². The predicted molar refractivity (Wildman–Crippen MR) is 81.8 cm³/mol. The summed E-state index contributed by atoms with van der Waals surface area (Å²) in [4.78, 5) is 22.4. The van der Waals surface area contributed by atoms with Crippen molar-refractivity contribution in [2.45, 2.75) is 38.5 Å². The first-order valence-corrected chi connectivity index (χ1v) is 7.60. The summed E-state index contributed by atoms with van der Waals surface area (Å²) >= 11 is 1.52. The zero-order valence-corrected chi connectivity index (χ0v) is 12.9. The molecule has 20 heavy (non-hydrogen) atoms. The number of aliphatic carboxylic acids is 1. The van der Waals surface area contributed by atoms with Gasteiger partial charge in [-0.05, 0) is 26.3 Å². The molecule has 1 aromatic carbocycles. The van der Waals surface area contributed by atoms with Crippen LogP contribution in [-0.4, -0.2) is 28.3 Å². The van der Waals surface area contributed by atoms with Gasteiger partial charge in [0.05, 0.1) is 12.2 Å². The highest BCUT2D eigenvalue weighted by atomic mass is 32.2. The number of rotatable bonds is 7. The maximum absolute atomic E-state index is 11.8. The minimum Gasteiger partial charge on any atom is -0.481 e. The van der Waals surface area contributed by atoms with Crippen LogP contribution in [0.4, 0.5) is 0 Å². The molecule has 2 N–H and O–H groups in total. The van der Waals surface area contributed by atoms with Gasteiger partial charge < -0.3 is 10.4 Å². The molecule has 0 heterocycles. The number of hydrogen-bond donors (Lipinski definition) is 2. The molecule has 5 heteroatoms. The lowest BCUT2D eigenvalue weighted by atomic mass is 10.0. The summed E-state index contributed by atoms with van der Waals surface area (Å²) < 4.78 is 0. The van der Waals surface area contributed by atoms with Crippen molar-refractivity contribution < 1.29 is 14.7 Å². The molecule has 110 valence electrons. The topological polar surface area (TPSA) is 66.4 Å². The Kier molecular flexibility index (Phi) is 6.07. The van der Waals surface area contributed by atoms with E-state index in [4.69, 9.17) is 5.11 Å². The Morgan fingerprint density at radius 3 is 2.40 bits per heavy atom. The first-order chi connectivity index (χ1) is 9.28. The highest BCUT2D eigenvalue weighted by molar-refractivity contribution is 7.99. The molecule has 0 saturated heterocycles. The summed E-state index contributed by atoms with van der Waals surface area (Å²) in [5.74, 6) is 0.0558. The Morgan fingerprint density at radius 1 is 1.25 bits per heavy atom. The van der Waals surface area contributed by atoms with E-state index in [1.807, 2.05) is 19.1 Å². The van der Waals surface area contributed by atoms with Gasteiger partial charge in [-0.15, -0.1) is 11.8 Å². The third-order valence-corrected chi connectivity index (χ3v) is 3.70. The SMILES string of the molecule is Cc1ccc(CSCC(=O)NC(C)(C)CC(=O)O)cc1. The van der Waals surface area contributed by atoms with Crippen LogP contribution in [-0.2, 0) is 15.3 Å². The van der Waals surface area contributed by atoms with Crippen LogP contribution < -0.4 is 5.32 Å². The summed E-state index contributed by atoms with van der Waals surface area (Å²) in [6.07, 6.45) is -0.0820. The zero-order chi connectivity index (χ0) is 15.2. The number of aryl methyl sites for hydroxylation is 1. The first kappa shape index (κ1) is 16.6. The van der Waals surface area contributed by atoms with E-state index in [1.54, 1.807) is 13.8 Å². The number of carbonyl (C=O) groups is 2. The number of carboxylic acid groups (broad SMARTS) is 1. The third-order valence-electron chi connectivity index (χ3n) is 2.69. The fourth-order valence-electron chi connectivity index (χ4n) is 1.78. The second-order valence-electron chi connectivity index (χ2n) is 5.48. The van der Waals surface area contributed by atoms with Crippen molar-refractivity contribution in [3.63, 3.8) is 0 Å². The Hall–Kier alpha value is -1.49. The summed E-state index contributed by atoms with van der Waals surface area (Å²) in [7, 11) is 0. The molecule has 0 unspecified atom stereocenters. The number of carboxylic acids is 1. The van der Waals surface area contributed by atoms with Gasteiger partial charge in [0.1, 0.15) is 0 Å². The number of amides is 1. The molecule has 0 aliphatic rings. The van der Waals surface area contributed by atoms with Crippen molar-refractivity contribution in [2.24, 2.45) is 0 Å². The predicted octanol–water partition coefficient (Wildman–Crippen LogP) is 2.60. The van der Waals surface area contributed by atoms with E-state index < -0.39 is 11.5 Å². The second kappa shape index (κ2) is 7.33. The van der Waals surface area contributed by atoms with Crippen molar-refractivity contribution >= 4 is 23.6 Å². The number of hydrogen-bond acceptors (Lipinski definition) is 3. The van der Waals surface area contributed by atoms with Crippen LogP contribution in [0.3, 0.4) is 0 Å². The molecule has 4 nitrogen and oxygen atoms in total. The summed E-state index contributed by atoms with van der Waals surface area (Å²) in [5, 5.41) is 11.5. The lowest BCUT2D eigenvalue weighted by Crippen LogP contribution is -2.45. The summed E-state index contributed by atoms with van der Waals surface area (Å²) in [6.45, 7) is 5.46. The van der Waals surface area contributed by atoms with Gasteiger partial charge >= 0.3 is 5.97 Å². The highest BCUT2D eigenvalue weighted by Gasteiger charge is 2.23. The molecule has 0 bridgehead atoms. The van der Waals surface area contributed by atoms with Crippen molar-refractivity contribution in [1.29, 1.82) is 0 Å². The van der Waals surface area contributed by atoms with E-state index in [0.29, 0.717) is 5.75 Å². The molecule has 1 rings (SSSR count). The molecule has 0 aromatic heterocycles. The van der Waals surface area contributed by atoms with E-state index in [-0.39, 0.29) is 12.3 Å². The first-order valence-electron chi connectivity index (χ1n) is 6.44. The lowest BCUT2D eigenvalue weighted by Gasteiger charge is -2.24. The molecule has 0 saturated carbocycles. The molecular weight excluding hydrogens is 274 g/mol. The van der Waals surface area contributed by atoms with Crippen LogP contribution in [0, 0.1) is 6.92 Å². The van der Waals surface area contributed by atoms with Gasteiger partial charge in [0, 0.05) is 11.3 Å². The maximum atomic E-state index is 11.8. The number of benzene rings is 1. The summed E-state index contributed by atoms with van der Waals surface area (Å²) in [5.41, 5.74) is 1.68. The molecule has 0 fully saturated rings. The average Bonchev–Trinajstić information content (AvgIpc) is 2.29. The van der Waals surface area contributed by atoms with Crippen LogP contribution in [0.25, 0.3) is 0 Å². The standard InChI is InChI=1S/C15H21NO3S/c1-11-4-6-12(7-5-11)9-20-10-13(17)16-15(2,3)8-14(18)19/h4-7H,8-10H2,1-3H3,(H,16,17)(H,18,19). The molecule has 0 atom stereocenters. The smallest absolute Gasteiger partial charge is 0.305 e. The molecule has 1 amide bonds. The quantitative estimate of drug-likeness (QED) is 0.811. The maximum Gasteiger partial charge on any atom is 0.305 e. The van der Waals surface area contributed by atoms with E-state index in [0.717, 1.165) is 5.75 Å². The van der Waals surface area contributed by atoms with Crippen LogP contribution in [0.1, 0.15) is 31.4 Å². The van der Waals surface area contributed by atoms with Gasteiger partial charge in [0.15, 0.2) is 0 Å². The van der Waals surface area contributed by atoms with Gasteiger partial charge in [-0.1, -0.05) is 29.8 Å². The van der Waals surface area contributed by atoms with Crippen LogP contribution in [0.5, 0.6) is 0 Å². The number of nitrogens with one attached hydrogen (secondary N) is 1. The normalized spacial score (nSPS) is 11.2. The van der Waals surface area contributed by atoms with Gasteiger partial charge in [-0.2, -0.15) is 0 Å². The third kappa shape index (κ3) is 6.61. The van der Waals surface area contributed by atoms with E-state index >= 15 is 0 Å². The van der Waals surface area contributed by atoms with Gasteiger partial charge in [0.25, 0.3) is 0 Å². The van der Waals surface area contributed by atoms with Crippen molar-refractivity contribution in [1.82, 2.24) is 5.32 Å². The fraction of sp³-hybridized carbons (Fsp3) is 0.467. The van der Waals surface area contributed by atoms with E-state index in [2.05, 4.69) is 17.4 Å². The molecule has 0 radical (unpaired) electrons. The van der Waals surface area contributed by atoms with Gasteiger partial charge in [0.2, 0.25) is 5.91 Å². The van der Waals surface area contributed by atoms with Crippen LogP contribution >= 0.6 is 11.8 Å². The van der Waals surface area contributed by atoms with E-state index in [9.17, 15) is 9.59 Å². The highest BCUT2D eigenvalue weighted by Crippen LogP contribution is 2.14. The molecule has 0 aliphatic carbocycles. The van der Waals surface area contributed by atoms with Crippen molar-refractivity contribution in [3.8, 4) is 0 Å². The Bertz CT molecular complexity index is 469. The van der Waals surface area contributed by atoms with Crippen LogP contribution in [0.2, 0.25) is 0 Å². The fourth-order valence-corrected chi connectivity index (χ4v) is 2.57. The molecule has 1 aromatic rings. The van der Waals surface area contributed by atoms with E-state index in [1.165, 1.54) is 22.9 Å². The van der Waals surface area contributed by atoms with Gasteiger partial charge in [-0.3, -0.25) is 9.59 Å². The Morgan fingerprint density at radius 2 is 1.85 bits per heavy atom. The molecular formula is C15H21NO3S. The average molecular weight is 295 g/mol. The van der Waals surface area contributed by atoms with Crippen molar-refractivity contribution in [2.75, 3.05) is 5.75 Å². The van der Waals surface area contributed by atoms with Gasteiger partial charge in [-0.25, -0.2) is 0 Å². The minimum absolute atomic E-state index is 0.0820. The zero-order valence-electron chi connectivity index (χ0n) is 12.1. The number of carbonyl (C=O) groups excluding carboxylic acids is 1. The number of thioether (sulfide) groups is 1. The minimum atomic E-state index is -0.914. The molecule has 0 aliphatic heterocycles. The molecule has 0 spiro atoms. The Balaban J connectivity index is 2.33. The summed E-state index contributed by atoms with van der Waals surface area (Å²) in [6, 6.07) is 8.20. The monoisotopic (exact) mass is 295 g/mol. The lowest BCUT2D eigenvalue weighted by molar-refractivity contribution is -0.138. The largest absolute Gasteiger partial charge is 0.481 e. The van der Waals surface area contributed by atoms with Crippen molar-refractivity contribution in [3.05, 3.63) is 35.4 Å².